The van der Waals surface area contributed by atoms with Crippen LogP contribution < -0.4 is 14.8 Å². The highest BCUT2D eigenvalue weighted by molar-refractivity contribution is 5.86. The molecule has 4 heteroatoms. The molecule has 1 fully saturated rings. The Hall–Kier alpha value is -1.68. The second-order valence-corrected chi connectivity index (χ2v) is 6.46. The minimum Gasteiger partial charge on any atom is -0.459 e. The van der Waals surface area contributed by atoms with E-state index in [1.165, 1.54) is 23.8 Å². The number of hydrogen-bond donors (Lipinski definition) is 1. The Morgan fingerprint density at radius 1 is 1.19 bits per heavy atom. The van der Waals surface area contributed by atoms with Gasteiger partial charge in [-0.1, -0.05) is 13.8 Å². The molecule has 1 aliphatic carbocycles. The molecule has 0 spiro atoms. The SMILES string of the molecule is CC(C)Cc1c(CNC2CC2)oc2cc3c(cc12)OCO3. The van der Waals surface area contributed by atoms with Gasteiger partial charge in [0.05, 0.1) is 6.54 Å². The van der Waals surface area contributed by atoms with Gasteiger partial charge in [0.15, 0.2) is 11.5 Å². The van der Waals surface area contributed by atoms with Crippen LogP contribution >= 0.6 is 0 Å². The van der Waals surface area contributed by atoms with Crippen LogP contribution in [0.2, 0.25) is 0 Å². The molecule has 2 aromatic rings. The van der Waals surface area contributed by atoms with Gasteiger partial charge < -0.3 is 19.2 Å². The summed E-state index contributed by atoms with van der Waals surface area (Å²) in [7, 11) is 0. The number of fused-ring (bicyclic) bond motifs is 2. The van der Waals surface area contributed by atoms with Crippen molar-refractivity contribution in [3.05, 3.63) is 23.5 Å². The molecule has 1 aromatic heterocycles. The van der Waals surface area contributed by atoms with Crippen molar-refractivity contribution in [2.24, 2.45) is 5.92 Å². The molecule has 0 amide bonds. The summed E-state index contributed by atoms with van der Waals surface area (Å²) in [5, 5.41) is 4.72. The Kier molecular flexibility index (Phi) is 3.07. The molecule has 0 saturated heterocycles. The van der Waals surface area contributed by atoms with Crippen LogP contribution in [-0.2, 0) is 13.0 Å². The van der Waals surface area contributed by atoms with Crippen molar-refractivity contribution in [2.45, 2.75) is 45.7 Å². The van der Waals surface area contributed by atoms with Crippen LogP contribution in [0.25, 0.3) is 11.0 Å². The molecule has 0 bridgehead atoms. The van der Waals surface area contributed by atoms with E-state index < -0.39 is 0 Å². The first-order valence-electron chi connectivity index (χ1n) is 7.78. The lowest BCUT2D eigenvalue weighted by molar-refractivity contribution is 0.174. The molecule has 1 aliphatic heterocycles. The summed E-state index contributed by atoms with van der Waals surface area (Å²) in [6, 6.07) is 4.71. The number of furan rings is 1. The van der Waals surface area contributed by atoms with Crippen LogP contribution in [0.15, 0.2) is 16.5 Å². The summed E-state index contributed by atoms with van der Waals surface area (Å²) >= 11 is 0. The highest BCUT2D eigenvalue weighted by atomic mass is 16.7. The first kappa shape index (κ1) is 13.0. The molecule has 1 saturated carbocycles. The summed E-state index contributed by atoms with van der Waals surface area (Å²) in [6.07, 6.45) is 3.60. The van der Waals surface area contributed by atoms with Crippen molar-refractivity contribution in [1.82, 2.24) is 5.32 Å². The summed E-state index contributed by atoms with van der Waals surface area (Å²) in [4.78, 5) is 0. The average Bonchev–Trinajstić information content (AvgIpc) is 3.07. The Labute approximate surface area is 124 Å². The molecule has 2 heterocycles. The Morgan fingerprint density at radius 2 is 1.95 bits per heavy atom. The second-order valence-electron chi connectivity index (χ2n) is 6.46. The summed E-state index contributed by atoms with van der Waals surface area (Å²) < 4.78 is 17.1. The number of ether oxygens (including phenoxy) is 2. The van der Waals surface area contributed by atoms with Crippen molar-refractivity contribution in [3.63, 3.8) is 0 Å². The van der Waals surface area contributed by atoms with Gasteiger partial charge in [0.2, 0.25) is 6.79 Å². The lowest BCUT2D eigenvalue weighted by Gasteiger charge is -2.07. The Bertz CT molecular complexity index is 670. The van der Waals surface area contributed by atoms with Gasteiger partial charge in [0.25, 0.3) is 0 Å². The highest BCUT2D eigenvalue weighted by Crippen LogP contribution is 2.40. The van der Waals surface area contributed by atoms with E-state index in [0.717, 1.165) is 35.8 Å². The maximum Gasteiger partial charge on any atom is 0.231 e. The third-order valence-electron chi connectivity index (χ3n) is 4.11. The van der Waals surface area contributed by atoms with Crippen LogP contribution in [0.5, 0.6) is 11.5 Å². The van der Waals surface area contributed by atoms with Crippen LogP contribution in [0.4, 0.5) is 0 Å². The van der Waals surface area contributed by atoms with Crippen LogP contribution in [0, 0.1) is 5.92 Å². The summed E-state index contributed by atoms with van der Waals surface area (Å²) in [6.45, 7) is 5.60. The first-order valence-corrected chi connectivity index (χ1v) is 7.78. The smallest absolute Gasteiger partial charge is 0.231 e. The molecular formula is C17H21NO3. The Balaban J connectivity index is 1.75. The summed E-state index contributed by atoms with van der Waals surface area (Å²) in [5.41, 5.74) is 2.22. The lowest BCUT2D eigenvalue weighted by Crippen LogP contribution is -2.16. The van der Waals surface area contributed by atoms with Gasteiger partial charge in [0.1, 0.15) is 11.3 Å². The van der Waals surface area contributed by atoms with E-state index >= 15 is 0 Å². The predicted octanol–water partition coefficient (Wildman–Crippen LogP) is 3.61. The lowest BCUT2D eigenvalue weighted by atomic mass is 9.99. The molecule has 1 aromatic carbocycles. The van der Waals surface area contributed by atoms with Crippen molar-refractivity contribution >= 4 is 11.0 Å². The van der Waals surface area contributed by atoms with E-state index in [0.29, 0.717) is 18.8 Å². The maximum atomic E-state index is 6.11. The molecule has 4 rings (SSSR count). The topological polar surface area (TPSA) is 43.6 Å². The first-order chi connectivity index (χ1) is 10.2. The normalized spacial score (nSPS) is 17.1. The zero-order valence-electron chi connectivity index (χ0n) is 12.6. The Morgan fingerprint density at radius 3 is 2.67 bits per heavy atom. The van der Waals surface area contributed by atoms with Crippen LogP contribution in [0.3, 0.4) is 0 Å². The van der Waals surface area contributed by atoms with E-state index in [-0.39, 0.29) is 0 Å². The summed E-state index contributed by atoms with van der Waals surface area (Å²) in [5.74, 6) is 3.27. The van der Waals surface area contributed by atoms with E-state index in [1.54, 1.807) is 0 Å². The minimum atomic E-state index is 0.303. The van der Waals surface area contributed by atoms with Gasteiger partial charge in [0, 0.05) is 23.1 Å². The zero-order valence-corrected chi connectivity index (χ0v) is 12.6. The average molecular weight is 287 g/mol. The molecule has 112 valence electrons. The third-order valence-corrected chi connectivity index (χ3v) is 4.11. The van der Waals surface area contributed by atoms with Gasteiger partial charge >= 0.3 is 0 Å². The quantitative estimate of drug-likeness (QED) is 0.912. The second kappa shape index (κ2) is 4.95. The fourth-order valence-electron chi connectivity index (χ4n) is 2.89. The number of hydrogen-bond acceptors (Lipinski definition) is 4. The molecule has 2 aliphatic rings. The van der Waals surface area contributed by atoms with Gasteiger partial charge in [-0.2, -0.15) is 0 Å². The number of nitrogens with one attached hydrogen (secondary N) is 1. The van der Waals surface area contributed by atoms with Crippen molar-refractivity contribution < 1.29 is 13.9 Å². The van der Waals surface area contributed by atoms with Gasteiger partial charge in [-0.3, -0.25) is 0 Å². The van der Waals surface area contributed by atoms with Crippen molar-refractivity contribution in [1.29, 1.82) is 0 Å². The van der Waals surface area contributed by atoms with E-state index in [9.17, 15) is 0 Å². The fraction of sp³-hybridized carbons (Fsp3) is 0.529. The third kappa shape index (κ3) is 2.48. The fourth-order valence-corrected chi connectivity index (χ4v) is 2.89. The molecular weight excluding hydrogens is 266 g/mol. The molecule has 0 atom stereocenters. The van der Waals surface area contributed by atoms with Gasteiger partial charge in [-0.15, -0.1) is 0 Å². The van der Waals surface area contributed by atoms with E-state index in [4.69, 9.17) is 13.9 Å². The van der Waals surface area contributed by atoms with E-state index in [2.05, 4.69) is 25.2 Å². The number of rotatable bonds is 5. The molecule has 0 unspecified atom stereocenters. The van der Waals surface area contributed by atoms with Crippen molar-refractivity contribution in [3.8, 4) is 11.5 Å². The maximum absolute atomic E-state index is 6.11. The van der Waals surface area contributed by atoms with E-state index in [1.807, 2.05) is 6.07 Å². The molecule has 1 N–H and O–H groups in total. The molecule has 21 heavy (non-hydrogen) atoms. The van der Waals surface area contributed by atoms with Crippen LogP contribution in [0.1, 0.15) is 38.0 Å². The predicted molar refractivity (Wildman–Crippen MR) is 80.7 cm³/mol. The standard InChI is InChI=1S/C17H21NO3/c1-10(2)5-12-13-6-15-16(20-9-19-15)7-14(13)21-17(12)8-18-11-3-4-11/h6-7,10-11,18H,3-5,8-9H2,1-2H3. The van der Waals surface area contributed by atoms with Gasteiger partial charge in [-0.05, 0) is 31.2 Å². The minimum absolute atomic E-state index is 0.303. The van der Waals surface area contributed by atoms with Crippen LogP contribution in [-0.4, -0.2) is 12.8 Å². The molecule has 0 radical (unpaired) electrons. The zero-order chi connectivity index (χ0) is 14.4. The van der Waals surface area contributed by atoms with Crippen molar-refractivity contribution in [2.75, 3.05) is 6.79 Å². The largest absolute Gasteiger partial charge is 0.459 e. The highest BCUT2D eigenvalue weighted by Gasteiger charge is 2.24. The number of benzene rings is 1. The monoisotopic (exact) mass is 287 g/mol. The van der Waals surface area contributed by atoms with Gasteiger partial charge in [-0.25, -0.2) is 0 Å². The molecule has 4 nitrogen and oxygen atoms in total.